The lowest BCUT2D eigenvalue weighted by atomic mass is 9.92. The molecule has 2 heterocycles. The maximum absolute atomic E-state index is 3.67. The molecular formula is C15H30N2. The van der Waals surface area contributed by atoms with Crippen molar-refractivity contribution in [3.8, 4) is 0 Å². The van der Waals surface area contributed by atoms with E-state index in [2.05, 4.69) is 17.1 Å². The van der Waals surface area contributed by atoms with Crippen molar-refractivity contribution in [2.24, 2.45) is 5.92 Å². The summed E-state index contributed by atoms with van der Waals surface area (Å²) < 4.78 is 0. The van der Waals surface area contributed by atoms with Gasteiger partial charge in [-0.15, -0.1) is 0 Å². The summed E-state index contributed by atoms with van der Waals surface area (Å²) in [6.07, 6.45) is 11.4. The molecule has 0 aliphatic carbocycles. The van der Waals surface area contributed by atoms with Crippen LogP contribution >= 0.6 is 0 Å². The predicted octanol–water partition coefficient (Wildman–Crippen LogP) is 3.03. The molecule has 17 heavy (non-hydrogen) atoms. The van der Waals surface area contributed by atoms with Gasteiger partial charge in [0.2, 0.25) is 0 Å². The summed E-state index contributed by atoms with van der Waals surface area (Å²) in [4.78, 5) is 2.69. The summed E-state index contributed by atoms with van der Waals surface area (Å²) >= 11 is 0. The molecule has 2 nitrogen and oxygen atoms in total. The van der Waals surface area contributed by atoms with Crippen molar-refractivity contribution in [3.63, 3.8) is 0 Å². The number of unbranched alkanes of at least 4 members (excludes halogenated alkanes) is 5. The molecule has 0 amide bonds. The summed E-state index contributed by atoms with van der Waals surface area (Å²) in [5, 5.41) is 3.67. The van der Waals surface area contributed by atoms with Crippen molar-refractivity contribution in [2.75, 3.05) is 26.2 Å². The molecule has 2 aliphatic rings. The van der Waals surface area contributed by atoms with Crippen LogP contribution in [-0.4, -0.2) is 37.1 Å². The second kappa shape index (κ2) is 7.38. The molecule has 0 spiro atoms. The Hall–Kier alpha value is -0.0800. The van der Waals surface area contributed by atoms with Crippen LogP contribution in [0.3, 0.4) is 0 Å². The zero-order chi connectivity index (χ0) is 11.9. The number of fused-ring (bicyclic) bond motifs is 1. The third-order valence-corrected chi connectivity index (χ3v) is 4.59. The van der Waals surface area contributed by atoms with Crippen LogP contribution in [0, 0.1) is 5.92 Å². The molecule has 2 fully saturated rings. The van der Waals surface area contributed by atoms with Crippen molar-refractivity contribution in [1.29, 1.82) is 0 Å². The minimum atomic E-state index is 0.823. The molecule has 2 saturated heterocycles. The maximum atomic E-state index is 3.67. The fourth-order valence-electron chi connectivity index (χ4n) is 3.42. The van der Waals surface area contributed by atoms with Gasteiger partial charge in [-0.05, 0) is 44.8 Å². The predicted molar refractivity (Wildman–Crippen MR) is 74.3 cm³/mol. The van der Waals surface area contributed by atoms with E-state index in [1.54, 1.807) is 0 Å². The zero-order valence-electron chi connectivity index (χ0n) is 11.6. The summed E-state index contributed by atoms with van der Waals surface area (Å²) in [5.41, 5.74) is 0. The van der Waals surface area contributed by atoms with E-state index in [1.807, 2.05) is 0 Å². The number of rotatable bonds is 7. The van der Waals surface area contributed by atoms with Gasteiger partial charge in [-0.25, -0.2) is 0 Å². The Labute approximate surface area is 107 Å². The van der Waals surface area contributed by atoms with E-state index < -0.39 is 0 Å². The Balaban J connectivity index is 1.51. The first-order valence-corrected chi connectivity index (χ1v) is 7.86. The minimum Gasteiger partial charge on any atom is -0.312 e. The lowest BCUT2D eigenvalue weighted by molar-refractivity contribution is 0.163. The smallest absolute Gasteiger partial charge is 0.0224 e. The van der Waals surface area contributed by atoms with Crippen LogP contribution in [0.1, 0.15) is 58.3 Å². The number of hydrogen-bond donors (Lipinski definition) is 1. The quantitative estimate of drug-likeness (QED) is 0.686. The van der Waals surface area contributed by atoms with Gasteiger partial charge in [-0.3, -0.25) is 0 Å². The monoisotopic (exact) mass is 238 g/mol. The largest absolute Gasteiger partial charge is 0.312 e. The van der Waals surface area contributed by atoms with Crippen LogP contribution in [0.2, 0.25) is 0 Å². The second-order valence-electron chi connectivity index (χ2n) is 5.97. The normalized spacial score (nSPS) is 29.5. The first-order chi connectivity index (χ1) is 8.40. The van der Waals surface area contributed by atoms with Crippen molar-refractivity contribution in [2.45, 2.75) is 64.3 Å². The molecule has 0 saturated carbocycles. The number of nitrogens with one attached hydrogen (secondary N) is 1. The molecule has 0 unspecified atom stereocenters. The molecule has 1 N–H and O–H groups in total. The first kappa shape index (κ1) is 13.4. The topological polar surface area (TPSA) is 15.3 Å². The van der Waals surface area contributed by atoms with Crippen molar-refractivity contribution < 1.29 is 0 Å². The number of hydrogen-bond acceptors (Lipinski definition) is 2. The maximum Gasteiger partial charge on any atom is 0.0224 e. The van der Waals surface area contributed by atoms with Gasteiger partial charge in [0.05, 0.1) is 0 Å². The highest BCUT2D eigenvalue weighted by Gasteiger charge is 2.31. The molecule has 0 aromatic rings. The molecule has 2 atom stereocenters. The summed E-state index contributed by atoms with van der Waals surface area (Å²) in [5.74, 6) is 0.996. The molecular weight excluding hydrogens is 208 g/mol. The van der Waals surface area contributed by atoms with E-state index in [1.165, 1.54) is 77.5 Å². The molecule has 2 aliphatic heterocycles. The highest BCUT2D eigenvalue weighted by atomic mass is 15.2. The van der Waals surface area contributed by atoms with Crippen LogP contribution in [-0.2, 0) is 0 Å². The van der Waals surface area contributed by atoms with Crippen molar-refractivity contribution in [1.82, 2.24) is 10.2 Å². The molecule has 0 aromatic carbocycles. The van der Waals surface area contributed by atoms with E-state index in [9.17, 15) is 0 Å². The van der Waals surface area contributed by atoms with Crippen molar-refractivity contribution in [3.05, 3.63) is 0 Å². The Morgan fingerprint density at radius 1 is 1.06 bits per heavy atom. The molecule has 2 heteroatoms. The fraction of sp³-hybridized carbons (Fsp3) is 1.00. The lowest BCUT2D eigenvalue weighted by Gasteiger charge is -2.34. The van der Waals surface area contributed by atoms with Crippen LogP contribution < -0.4 is 5.32 Å². The van der Waals surface area contributed by atoms with Gasteiger partial charge >= 0.3 is 0 Å². The summed E-state index contributed by atoms with van der Waals surface area (Å²) in [7, 11) is 0. The molecule has 2 rings (SSSR count). The fourth-order valence-corrected chi connectivity index (χ4v) is 3.42. The van der Waals surface area contributed by atoms with Crippen LogP contribution in [0.15, 0.2) is 0 Å². The van der Waals surface area contributed by atoms with E-state index in [4.69, 9.17) is 0 Å². The Kier molecular flexibility index (Phi) is 5.79. The van der Waals surface area contributed by atoms with Gasteiger partial charge in [0.1, 0.15) is 0 Å². The van der Waals surface area contributed by atoms with Crippen LogP contribution in [0.5, 0.6) is 0 Å². The van der Waals surface area contributed by atoms with Gasteiger partial charge in [0, 0.05) is 12.6 Å². The Bertz CT molecular complexity index is 205. The van der Waals surface area contributed by atoms with Crippen molar-refractivity contribution >= 4 is 0 Å². The van der Waals surface area contributed by atoms with E-state index in [0.717, 1.165) is 12.0 Å². The second-order valence-corrected chi connectivity index (χ2v) is 5.97. The van der Waals surface area contributed by atoms with Gasteiger partial charge in [-0.2, -0.15) is 0 Å². The third-order valence-electron chi connectivity index (χ3n) is 4.59. The Morgan fingerprint density at radius 3 is 2.76 bits per heavy atom. The molecule has 0 radical (unpaired) electrons. The highest BCUT2D eigenvalue weighted by molar-refractivity contribution is 4.90. The Morgan fingerprint density at radius 2 is 1.88 bits per heavy atom. The average Bonchev–Trinajstić information content (AvgIpc) is 2.81. The number of piperidine rings is 1. The van der Waals surface area contributed by atoms with Gasteiger partial charge in [0.15, 0.2) is 0 Å². The highest BCUT2D eigenvalue weighted by Crippen LogP contribution is 2.25. The zero-order valence-corrected chi connectivity index (χ0v) is 11.6. The van der Waals surface area contributed by atoms with Gasteiger partial charge in [0.25, 0.3) is 0 Å². The summed E-state index contributed by atoms with van der Waals surface area (Å²) in [6.45, 7) is 7.58. The average molecular weight is 238 g/mol. The van der Waals surface area contributed by atoms with Crippen LogP contribution in [0.4, 0.5) is 0 Å². The minimum absolute atomic E-state index is 0.823. The number of likely N-dealkylation sites (tertiary alicyclic amines) is 1. The summed E-state index contributed by atoms with van der Waals surface area (Å²) in [6, 6.07) is 0.823. The van der Waals surface area contributed by atoms with E-state index >= 15 is 0 Å². The molecule has 0 aromatic heterocycles. The lowest BCUT2D eigenvalue weighted by Crippen LogP contribution is -2.46. The molecule has 100 valence electrons. The first-order valence-electron chi connectivity index (χ1n) is 7.86. The molecule has 0 bridgehead atoms. The SMILES string of the molecule is CCCCCCCCN1CC[C@@H]2CCN[C@@H]2C1. The standard InChI is InChI=1S/C15H30N2/c1-2-3-4-5-6-7-11-17-12-9-14-8-10-16-15(14)13-17/h14-16H,2-13H2,1H3/t14-,15+/m0/s1. The van der Waals surface area contributed by atoms with E-state index in [0.29, 0.717) is 0 Å². The van der Waals surface area contributed by atoms with Gasteiger partial charge < -0.3 is 10.2 Å². The number of nitrogens with zero attached hydrogens (tertiary/aromatic N) is 1. The van der Waals surface area contributed by atoms with E-state index in [-0.39, 0.29) is 0 Å². The van der Waals surface area contributed by atoms with Crippen LogP contribution in [0.25, 0.3) is 0 Å². The van der Waals surface area contributed by atoms with Gasteiger partial charge in [-0.1, -0.05) is 39.0 Å². The third kappa shape index (κ3) is 4.26.